The lowest BCUT2D eigenvalue weighted by molar-refractivity contribution is -0.385. The minimum atomic E-state index is -0.663. The molecule has 0 spiro atoms. The van der Waals surface area contributed by atoms with Crippen LogP contribution in [0.4, 0.5) is 11.4 Å². The molecule has 0 unspecified atom stereocenters. The van der Waals surface area contributed by atoms with Gasteiger partial charge in [-0.25, -0.2) is 0 Å². The first-order chi connectivity index (χ1) is 11.9. The number of ether oxygens (including phenoxy) is 1. The molecule has 0 N–H and O–H groups in total. The van der Waals surface area contributed by atoms with Crippen molar-refractivity contribution in [3.63, 3.8) is 0 Å². The van der Waals surface area contributed by atoms with Gasteiger partial charge in [0, 0.05) is 29.8 Å². The van der Waals surface area contributed by atoms with E-state index in [4.69, 9.17) is 4.74 Å². The standard InChI is InChI=1S/C16H12N2O7/c19-15(12-3-7-14(8-4-12)18(23)24)10-25-16(20)9-11-1-5-13(6-2-11)17(21)22/h1-8H,9-10H2. The third kappa shape index (κ3) is 4.93. The molecule has 25 heavy (non-hydrogen) atoms. The Morgan fingerprint density at radius 2 is 1.32 bits per heavy atom. The molecule has 0 heterocycles. The average molecular weight is 344 g/mol. The number of benzene rings is 2. The molecule has 0 fully saturated rings. The first-order valence-electron chi connectivity index (χ1n) is 7.03. The van der Waals surface area contributed by atoms with Crippen LogP contribution in [-0.4, -0.2) is 28.2 Å². The number of Topliss-reactive ketones (excluding diaryl/α,β-unsaturated/α-hetero) is 1. The summed E-state index contributed by atoms with van der Waals surface area (Å²) in [4.78, 5) is 43.5. The number of nitro benzene ring substituents is 2. The van der Waals surface area contributed by atoms with Gasteiger partial charge in [0.05, 0.1) is 16.3 Å². The smallest absolute Gasteiger partial charge is 0.310 e. The average Bonchev–Trinajstić information content (AvgIpc) is 2.60. The van der Waals surface area contributed by atoms with E-state index in [9.17, 15) is 29.8 Å². The number of non-ortho nitro benzene ring substituents is 2. The molecule has 2 aromatic carbocycles. The number of rotatable bonds is 7. The number of nitro groups is 2. The van der Waals surface area contributed by atoms with Gasteiger partial charge in [0.2, 0.25) is 0 Å². The first-order valence-corrected chi connectivity index (χ1v) is 7.03. The van der Waals surface area contributed by atoms with Crippen molar-refractivity contribution in [2.45, 2.75) is 6.42 Å². The molecule has 9 heteroatoms. The van der Waals surface area contributed by atoms with Crippen LogP contribution in [0.15, 0.2) is 48.5 Å². The van der Waals surface area contributed by atoms with E-state index in [1.807, 2.05) is 0 Å². The van der Waals surface area contributed by atoms with Crippen LogP contribution in [0, 0.1) is 20.2 Å². The molecule has 0 aliphatic heterocycles. The molecule has 0 saturated carbocycles. The predicted octanol–water partition coefficient (Wildman–Crippen LogP) is 2.47. The van der Waals surface area contributed by atoms with Gasteiger partial charge in [-0.15, -0.1) is 0 Å². The summed E-state index contributed by atoms with van der Waals surface area (Å²) in [5.74, 6) is -1.16. The lowest BCUT2D eigenvalue weighted by atomic mass is 10.1. The highest BCUT2D eigenvalue weighted by Gasteiger charge is 2.13. The monoisotopic (exact) mass is 344 g/mol. The SMILES string of the molecule is O=C(Cc1ccc([N+](=O)[O-])cc1)OCC(=O)c1ccc([N+](=O)[O-])cc1. The van der Waals surface area contributed by atoms with E-state index in [1.54, 1.807) is 0 Å². The quantitative estimate of drug-likeness (QED) is 0.326. The molecule has 128 valence electrons. The topological polar surface area (TPSA) is 130 Å². The van der Waals surface area contributed by atoms with Gasteiger partial charge in [-0.05, 0) is 17.7 Å². The van der Waals surface area contributed by atoms with Crippen molar-refractivity contribution >= 4 is 23.1 Å². The maximum Gasteiger partial charge on any atom is 0.310 e. The summed E-state index contributed by atoms with van der Waals surface area (Å²) in [7, 11) is 0. The van der Waals surface area contributed by atoms with E-state index >= 15 is 0 Å². The zero-order valence-electron chi connectivity index (χ0n) is 12.8. The second-order valence-electron chi connectivity index (χ2n) is 4.99. The molecular formula is C16H12N2O7. The minimum Gasteiger partial charge on any atom is -0.457 e. The van der Waals surface area contributed by atoms with E-state index in [2.05, 4.69) is 0 Å². The zero-order chi connectivity index (χ0) is 18.4. The maximum absolute atomic E-state index is 11.9. The third-order valence-electron chi connectivity index (χ3n) is 3.26. The Labute approximate surface area is 141 Å². The summed E-state index contributed by atoms with van der Waals surface area (Å²) in [6.07, 6.45) is -0.133. The van der Waals surface area contributed by atoms with E-state index < -0.39 is 28.2 Å². The van der Waals surface area contributed by atoms with Gasteiger partial charge < -0.3 is 4.74 Å². The lowest BCUT2D eigenvalue weighted by Crippen LogP contribution is -2.15. The van der Waals surface area contributed by atoms with Gasteiger partial charge in [0.1, 0.15) is 0 Å². The summed E-state index contributed by atoms with van der Waals surface area (Å²) < 4.78 is 4.86. The van der Waals surface area contributed by atoms with Crippen molar-refractivity contribution in [3.05, 3.63) is 79.9 Å². The highest BCUT2D eigenvalue weighted by molar-refractivity contribution is 5.98. The Hall–Kier alpha value is -3.62. The molecule has 0 bridgehead atoms. The Morgan fingerprint density at radius 3 is 1.80 bits per heavy atom. The van der Waals surface area contributed by atoms with E-state index in [0.717, 1.165) is 0 Å². The number of carbonyl (C=O) groups excluding carboxylic acids is 2. The van der Waals surface area contributed by atoms with Crippen molar-refractivity contribution in [1.29, 1.82) is 0 Å². The van der Waals surface area contributed by atoms with Crippen molar-refractivity contribution < 1.29 is 24.2 Å². The molecule has 2 rings (SSSR count). The van der Waals surface area contributed by atoms with Gasteiger partial charge in [-0.1, -0.05) is 12.1 Å². The number of hydrogen-bond donors (Lipinski definition) is 0. The van der Waals surface area contributed by atoms with E-state index in [0.29, 0.717) is 5.56 Å². The molecule has 0 atom stereocenters. The number of ketones is 1. The van der Waals surface area contributed by atoms with Crippen LogP contribution in [0.25, 0.3) is 0 Å². The Morgan fingerprint density at radius 1 is 0.840 bits per heavy atom. The van der Waals surface area contributed by atoms with Gasteiger partial charge in [0.15, 0.2) is 12.4 Å². The molecule has 0 saturated heterocycles. The predicted molar refractivity (Wildman–Crippen MR) is 85.2 cm³/mol. The third-order valence-corrected chi connectivity index (χ3v) is 3.26. The van der Waals surface area contributed by atoms with Crippen LogP contribution < -0.4 is 0 Å². The fourth-order valence-corrected chi connectivity index (χ4v) is 1.95. The summed E-state index contributed by atoms with van der Waals surface area (Å²) in [5, 5.41) is 21.1. The van der Waals surface area contributed by atoms with Gasteiger partial charge >= 0.3 is 5.97 Å². The first kappa shape index (κ1) is 17.7. The summed E-state index contributed by atoms with van der Waals surface area (Å²) in [6, 6.07) is 10.3. The summed E-state index contributed by atoms with van der Waals surface area (Å²) in [6.45, 7) is -0.496. The fraction of sp³-hybridized carbons (Fsp3) is 0.125. The Balaban J connectivity index is 1.87. The van der Waals surface area contributed by atoms with Crippen molar-refractivity contribution in [3.8, 4) is 0 Å². The van der Waals surface area contributed by atoms with Crippen LogP contribution in [0.3, 0.4) is 0 Å². The molecular weight excluding hydrogens is 332 g/mol. The van der Waals surface area contributed by atoms with Crippen LogP contribution in [-0.2, 0) is 16.0 Å². The largest absolute Gasteiger partial charge is 0.457 e. The lowest BCUT2D eigenvalue weighted by Gasteiger charge is -2.04. The highest BCUT2D eigenvalue weighted by Crippen LogP contribution is 2.14. The van der Waals surface area contributed by atoms with Crippen molar-refractivity contribution in [2.24, 2.45) is 0 Å². The Bertz CT molecular complexity index is 813. The molecule has 0 aliphatic carbocycles. The number of nitrogens with zero attached hydrogens (tertiary/aromatic N) is 2. The van der Waals surface area contributed by atoms with E-state index in [-0.39, 0.29) is 23.4 Å². The van der Waals surface area contributed by atoms with Crippen molar-refractivity contribution in [2.75, 3.05) is 6.61 Å². The number of hydrogen-bond acceptors (Lipinski definition) is 7. The van der Waals surface area contributed by atoms with Crippen LogP contribution in [0.1, 0.15) is 15.9 Å². The zero-order valence-corrected chi connectivity index (χ0v) is 12.8. The van der Waals surface area contributed by atoms with E-state index in [1.165, 1.54) is 48.5 Å². The van der Waals surface area contributed by atoms with Crippen LogP contribution >= 0.6 is 0 Å². The van der Waals surface area contributed by atoms with Gasteiger partial charge in [-0.3, -0.25) is 29.8 Å². The minimum absolute atomic E-state index is 0.0922. The number of esters is 1. The number of carbonyl (C=O) groups is 2. The second kappa shape index (κ2) is 7.77. The Kier molecular flexibility index (Phi) is 5.51. The molecule has 0 aliphatic rings. The summed E-state index contributed by atoms with van der Waals surface area (Å²) in [5.41, 5.74) is 0.462. The van der Waals surface area contributed by atoms with Crippen molar-refractivity contribution in [1.82, 2.24) is 0 Å². The highest BCUT2D eigenvalue weighted by atomic mass is 16.6. The normalized spacial score (nSPS) is 10.1. The van der Waals surface area contributed by atoms with Crippen LogP contribution in [0.5, 0.6) is 0 Å². The maximum atomic E-state index is 11.9. The fourth-order valence-electron chi connectivity index (χ4n) is 1.95. The molecule has 9 nitrogen and oxygen atoms in total. The summed E-state index contributed by atoms with van der Waals surface area (Å²) >= 11 is 0. The molecule has 2 aromatic rings. The molecule has 0 radical (unpaired) electrons. The van der Waals surface area contributed by atoms with Gasteiger partial charge in [-0.2, -0.15) is 0 Å². The molecule has 0 amide bonds. The molecule has 0 aromatic heterocycles. The van der Waals surface area contributed by atoms with Crippen LogP contribution in [0.2, 0.25) is 0 Å². The van der Waals surface area contributed by atoms with Gasteiger partial charge in [0.25, 0.3) is 11.4 Å². The second-order valence-corrected chi connectivity index (χ2v) is 4.99.